The Morgan fingerprint density at radius 3 is 2.34 bits per heavy atom. The van der Waals surface area contributed by atoms with Crippen molar-refractivity contribution >= 4 is 39.1 Å². The highest BCUT2D eigenvalue weighted by atomic mass is 35.5. The summed E-state index contributed by atoms with van der Waals surface area (Å²) in [6.45, 7) is 6.20. The average molecular weight is 562 g/mol. The summed E-state index contributed by atoms with van der Waals surface area (Å²) in [5.41, 5.74) is 3.35. The molecule has 7 nitrogen and oxygen atoms in total. The summed E-state index contributed by atoms with van der Waals surface area (Å²) in [5.74, 6) is -0.289. The van der Waals surface area contributed by atoms with Crippen LogP contribution in [-0.2, 0) is 26.2 Å². The van der Waals surface area contributed by atoms with Gasteiger partial charge in [0.15, 0.2) is 0 Å². The molecule has 0 radical (unpaired) electrons. The van der Waals surface area contributed by atoms with Gasteiger partial charge in [0.1, 0.15) is 6.04 Å². The van der Waals surface area contributed by atoms with E-state index in [4.69, 9.17) is 11.6 Å². The molecule has 2 aromatic rings. The maximum atomic E-state index is 13.6. The molecule has 2 amide bonds. The minimum absolute atomic E-state index is 0.116. The van der Waals surface area contributed by atoms with Crippen molar-refractivity contribution in [2.24, 2.45) is 0 Å². The van der Waals surface area contributed by atoms with Gasteiger partial charge in [-0.1, -0.05) is 67.3 Å². The van der Waals surface area contributed by atoms with Crippen LogP contribution in [0.2, 0.25) is 5.02 Å². The summed E-state index contributed by atoms with van der Waals surface area (Å²) >= 11 is 6.14. The molecule has 1 saturated carbocycles. The molecule has 0 bridgehead atoms. The molecule has 0 heterocycles. The van der Waals surface area contributed by atoms with Crippen LogP contribution in [0.15, 0.2) is 42.5 Å². The highest BCUT2D eigenvalue weighted by molar-refractivity contribution is 7.92. The molecule has 1 unspecified atom stereocenters. The fourth-order valence-electron chi connectivity index (χ4n) is 5.01. The van der Waals surface area contributed by atoms with Crippen molar-refractivity contribution in [3.8, 4) is 0 Å². The van der Waals surface area contributed by atoms with E-state index < -0.39 is 16.1 Å². The predicted octanol–water partition coefficient (Wildman–Crippen LogP) is 5.37. The number of sulfonamides is 1. The third kappa shape index (κ3) is 8.21. The Bertz CT molecular complexity index is 1210. The summed E-state index contributed by atoms with van der Waals surface area (Å²) in [6.07, 6.45) is 6.23. The monoisotopic (exact) mass is 561 g/mol. The summed E-state index contributed by atoms with van der Waals surface area (Å²) in [6, 6.07) is 12.6. The number of hydrogen-bond donors (Lipinski definition) is 1. The lowest BCUT2D eigenvalue weighted by Gasteiger charge is -2.32. The van der Waals surface area contributed by atoms with Crippen molar-refractivity contribution in [1.29, 1.82) is 0 Å². The summed E-state index contributed by atoms with van der Waals surface area (Å²) in [5, 5.41) is 3.60. The number of aryl methyl sites for hydroxylation is 2. The summed E-state index contributed by atoms with van der Waals surface area (Å²) < 4.78 is 26.5. The Kier molecular flexibility index (Phi) is 10.6. The first-order valence-corrected chi connectivity index (χ1v) is 15.6. The number of amides is 2. The number of benzene rings is 2. The lowest BCUT2D eigenvalue weighted by molar-refractivity contribution is -0.141. The van der Waals surface area contributed by atoms with Gasteiger partial charge in [-0.25, -0.2) is 8.42 Å². The fraction of sp³-hybridized carbons (Fsp3) is 0.517. The summed E-state index contributed by atoms with van der Waals surface area (Å²) in [7, 11) is -3.59. The molecule has 0 aliphatic heterocycles. The van der Waals surface area contributed by atoms with Gasteiger partial charge in [-0.05, 0) is 62.8 Å². The van der Waals surface area contributed by atoms with Crippen LogP contribution in [0.1, 0.15) is 68.6 Å². The van der Waals surface area contributed by atoms with E-state index in [9.17, 15) is 18.0 Å². The quantitative estimate of drug-likeness (QED) is 0.377. The molecule has 3 rings (SSSR count). The molecule has 1 aliphatic rings. The topological polar surface area (TPSA) is 86.8 Å². The van der Waals surface area contributed by atoms with Crippen LogP contribution < -0.4 is 9.62 Å². The normalized spacial score (nSPS) is 14.8. The van der Waals surface area contributed by atoms with Crippen LogP contribution in [0.3, 0.4) is 0 Å². The van der Waals surface area contributed by atoms with Crippen molar-refractivity contribution in [2.45, 2.75) is 84.3 Å². The highest BCUT2D eigenvalue weighted by Gasteiger charge is 2.30. The van der Waals surface area contributed by atoms with Gasteiger partial charge >= 0.3 is 0 Å². The zero-order valence-corrected chi connectivity index (χ0v) is 24.4. The van der Waals surface area contributed by atoms with Crippen molar-refractivity contribution in [3.63, 3.8) is 0 Å². The third-order valence-corrected chi connectivity index (χ3v) is 8.57. The number of hydrogen-bond acceptors (Lipinski definition) is 4. The zero-order valence-electron chi connectivity index (χ0n) is 22.9. The highest BCUT2D eigenvalue weighted by Crippen LogP contribution is 2.27. The van der Waals surface area contributed by atoms with Crippen LogP contribution in [0.25, 0.3) is 0 Å². The van der Waals surface area contributed by atoms with Crippen molar-refractivity contribution in [2.75, 3.05) is 17.1 Å². The van der Waals surface area contributed by atoms with Crippen molar-refractivity contribution in [1.82, 2.24) is 10.2 Å². The Morgan fingerprint density at radius 1 is 1.08 bits per heavy atom. The lowest BCUT2D eigenvalue weighted by Crippen LogP contribution is -2.51. The Labute approximate surface area is 232 Å². The standard InChI is InChI=1S/C29H40ClN3O4S/c1-5-26(29(35)31-25-9-6-7-10-25)32(20-23-15-12-21(2)13-16-23)28(34)11-8-18-33(38(4,36)37)27-19-24(30)17-14-22(27)3/h12-17,19,25-26H,5-11,18,20H2,1-4H3,(H,31,35). The minimum atomic E-state index is -3.59. The van der Waals surface area contributed by atoms with Crippen LogP contribution in [0, 0.1) is 13.8 Å². The van der Waals surface area contributed by atoms with Crippen LogP contribution in [0.4, 0.5) is 5.69 Å². The molecule has 1 fully saturated rings. The van der Waals surface area contributed by atoms with Gasteiger partial charge in [-0.15, -0.1) is 0 Å². The zero-order chi connectivity index (χ0) is 27.9. The molecule has 0 saturated heterocycles. The smallest absolute Gasteiger partial charge is 0.243 e. The molecule has 208 valence electrons. The number of halogens is 1. The molecular formula is C29H40ClN3O4S. The minimum Gasteiger partial charge on any atom is -0.352 e. The van der Waals surface area contributed by atoms with Gasteiger partial charge in [0.05, 0.1) is 11.9 Å². The molecular weight excluding hydrogens is 522 g/mol. The molecule has 1 aliphatic carbocycles. The molecule has 9 heteroatoms. The number of nitrogens with one attached hydrogen (secondary N) is 1. The van der Waals surface area contributed by atoms with E-state index in [2.05, 4.69) is 5.32 Å². The first kappa shape index (κ1) is 30.0. The van der Waals surface area contributed by atoms with Gasteiger partial charge in [0, 0.05) is 30.6 Å². The molecule has 1 N–H and O–H groups in total. The van der Waals surface area contributed by atoms with E-state index in [0.717, 1.165) is 48.6 Å². The molecule has 0 spiro atoms. The maximum Gasteiger partial charge on any atom is 0.243 e. The molecule has 1 atom stereocenters. The van der Waals surface area contributed by atoms with E-state index in [0.29, 0.717) is 30.1 Å². The van der Waals surface area contributed by atoms with Gasteiger partial charge in [-0.2, -0.15) is 0 Å². The molecule has 38 heavy (non-hydrogen) atoms. The molecule has 0 aromatic heterocycles. The first-order chi connectivity index (χ1) is 18.0. The summed E-state index contributed by atoms with van der Waals surface area (Å²) in [4.78, 5) is 28.5. The fourth-order valence-corrected chi connectivity index (χ4v) is 6.19. The van der Waals surface area contributed by atoms with Gasteiger partial charge in [-0.3, -0.25) is 13.9 Å². The number of carbonyl (C=O) groups is 2. The van der Waals surface area contributed by atoms with Gasteiger partial charge < -0.3 is 10.2 Å². The largest absolute Gasteiger partial charge is 0.352 e. The predicted molar refractivity (Wildman–Crippen MR) is 154 cm³/mol. The van der Waals surface area contributed by atoms with Crippen LogP contribution in [0.5, 0.6) is 0 Å². The van der Waals surface area contributed by atoms with Crippen molar-refractivity contribution in [3.05, 3.63) is 64.2 Å². The lowest BCUT2D eigenvalue weighted by atomic mass is 10.1. The average Bonchev–Trinajstić information content (AvgIpc) is 3.36. The van der Waals surface area contributed by atoms with Crippen LogP contribution in [-0.4, -0.2) is 50.0 Å². The Balaban J connectivity index is 1.77. The third-order valence-electron chi connectivity index (χ3n) is 7.15. The second kappa shape index (κ2) is 13.5. The number of carbonyl (C=O) groups excluding carboxylic acids is 2. The van der Waals surface area contributed by atoms with E-state index in [1.807, 2.05) is 45.0 Å². The number of rotatable bonds is 12. The Morgan fingerprint density at radius 2 is 1.74 bits per heavy atom. The van der Waals surface area contributed by atoms with Gasteiger partial charge in [0.25, 0.3) is 0 Å². The van der Waals surface area contributed by atoms with E-state index in [1.54, 1.807) is 23.1 Å². The molecule has 2 aromatic carbocycles. The SMILES string of the molecule is CCC(C(=O)NC1CCCC1)N(Cc1ccc(C)cc1)C(=O)CCCN(c1cc(Cl)ccc1C)S(C)(=O)=O. The number of anilines is 1. The van der Waals surface area contributed by atoms with Crippen molar-refractivity contribution < 1.29 is 18.0 Å². The van der Waals surface area contributed by atoms with E-state index in [1.165, 1.54) is 4.31 Å². The second-order valence-electron chi connectivity index (χ2n) is 10.3. The first-order valence-electron chi connectivity index (χ1n) is 13.4. The van der Waals surface area contributed by atoms with Crippen LogP contribution >= 0.6 is 11.6 Å². The van der Waals surface area contributed by atoms with E-state index in [-0.39, 0.29) is 30.8 Å². The van der Waals surface area contributed by atoms with E-state index >= 15 is 0 Å². The number of nitrogens with zero attached hydrogens (tertiary/aromatic N) is 2. The van der Waals surface area contributed by atoms with Gasteiger partial charge in [0.2, 0.25) is 21.8 Å². The second-order valence-corrected chi connectivity index (χ2v) is 12.6. The Hall–Kier alpha value is -2.58. The maximum absolute atomic E-state index is 13.6.